The van der Waals surface area contributed by atoms with Crippen LogP contribution in [0.15, 0.2) is 36.5 Å². The molecule has 0 amide bonds. The molecule has 0 fully saturated rings. The van der Waals surface area contributed by atoms with Crippen molar-refractivity contribution >= 4 is 27.6 Å². The van der Waals surface area contributed by atoms with Gasteiger partial charge in [-0.3, -0.25) is 4.31 Å². The van der Waals surface area contributed by atoms with Gasteiger partial charge in [-0.25, -0.2) is 17.8 Å². The van der Waals surface area contributed by atoms with Gasteiger partial charge in [0.15, 0.2) is 11.6 Å². The normalized spacial score (nSPS) is 13.6. The first kappa shape index (κ1) is 17.2. The maximum Gasteiger partial charge on any atom is 0.233 e. The van der Waals surface area contributed by atoms with E-state index in [1.54, 1.807) is 18.2 Å². The number of aromatic hydroxyl groups is 1. The number of hydrogen-bond donors (Lipinski definition) is 1. The Morgan fingerprint density at radius 3 is 2.64 bits per heavy atom. The van der Waals surface area contributed by atoms with E-state index in [0.717, 1.165) is 16.1 Å². The summed E-state index contributed by atoms with van der Waals surface area (Å²) in [5, 5.41) is 10.3. The van der Waals surface area contributed by atoms with E-state index in [2.05, 4.69) is 4.98 Å². The molecule has 2 aromatic rings. The number of benzene rings is 1. The van der Waals surface area contributed by atoms with E-state index in [9.17, 15) is 17.9 Å². The zero-order chi connectivity index (χ0) is 18.2. The van der Waals surface area contributed by atoms with Crippen molar-refractivity contribution in [2.45, 2.75) is 6.54 Å². The molecule has 8 heteroatoms. The van der Waals surface area contributed by atoms with Gasteiger partial charge in [-0.1, -0.05) is 24.3 Å². The van der Waals surface area contributed by atoms with Crippen LogP contribution in [-0.2, 0) is 16.6 Å². The summed E-state index contributed by atoms with van der Waals surface area (Å²) >= 11 is 0. The zero-order valence-corrected chi connectivity index (χ0v) is 14.7. The molecule has 6 nitrogen and oxygen atoms in total. The number of aromatic nitrogens is 1. The van der Waals surface area contributed by atoms with Crippen LogP contribution in [0, 0.1) is 5.82 Å². The van der Waals surface area contributed by atoms with Crippen LogP contribution in [0.2, 0.25) is 0 Å². The Bertz CT molecular complexity index is 927. The van der Waals surface area contributed by atoms with Crippen LogP contribution in [0.1, 0.15) is 11.1 Å². The molecule has 1 aromatic carbocycles. The molecule has 1 aliphatic rings. The average molecular weight is 363 g/mol. The van der Waals surface area contributed by atoms with Gasteiger partial charge in [0.1, 0.15) is 5.82 Å². The smallest absolute Gasteiger partial charge is 0.233 e. The van der Waals surface area contributed by atoms with Crippen molar-refractivity contribution in [2.24, 2.45) is 0 Å². The molecule has 25 heavy (non-hydrogen) atoms. The van der Waals surface area contributed by atoms with Crippen molar-refractivity contribution in [1.29, 1.82) is 0 Å². The Labute approximate surface area is 145 Å². The minimum Gasteiger partial charge on any atom is -0.504 e. The van der Waals surface area contributed by atoms with Crippen LogP contribution < -0.4 is 9.21 Å². The van der Waals surface area contributed by atoms with Crippen molar-refractivity contribution in [3.05, 3.63) is 53.5 Å². The fraction of sp³-hybridized carbons (Fsp3) is 0.235. The minimum atomic E-state index is -3.49. The Hall–Kier alpha value is -2.61. The Balaban J connectivity index is 2.03. The molecule has 2 heterocycles. The maximum absolute atomic E-state index is 13.1. The summed E-state index contributed by atoms with van der Waals surface area (Å²) in [5.41, 5.74) is 1.91. The van der Waals surface area contributed by atoms with E-state index in [4.69, 9.17) is 0 Å². The number of halogens is 1. The van der Waals surface area contributed by atoms with Crippen molar-refractivity contribution in [2.75, 3.05) is 29.1 Å². The summed E-state index contributed by atoms with van der Waals surface area (Å²) in [7, 11) is -2.07. The van der Waals surface area contributed by atoms with Gasteiger partial charge in [0.25, 0.3) is 0 Å². The van der Waals surface area contributed by atoms with E-state index in [0.29, 0.717) is 24.3 Å². The van der Waals surface area contributed by atoms with Gasteiger partial charge < -0.3 is 10.0 Å². The molecule has 3 rings (SSSR count). The van der Waals surface area contributed by atoms with E-state index in [1.807, 2.05) is 11.0 Å². The summed E-state index contributed by atoms with van der Waals surface area (Å²) in [6.45, 7) is 0.973. The fourth-order valence-corrected chi connectivity index (χ4v) is 3.19. The van der Waals surface area contributed by atoms with E-state index >= 15 is 0 Å². The van der Waals surface area contributed by atoms with Crippen LogP contribution in [0.5, 0.6) is 5.75 Å². The zero-order valence-electron chi connectivity index (χ0n) is 13.8. The number of sulfonamides is 1. The van der Waals surface area contributed by atoms with Crippen molar-refractivity contribution in [3.63, 3.8) is 0 Å². The first-order valence-electron chi connectivity index (χ1n) is 7.59. The molecule has 132 valence electrons. The molecule has 1 aromatic heterocycles. The van der Waals surface area contributed by atoms with E-state index in [1.165, 1.54) is 25.4 Å². The van der Waals surface area contributed by atoms with Crippen molar-refractivity contribution < 1.29 is 17.9 Å². The lowest BCUT2D eigenvalue weighted by Crippen LogP contribution is -2.30. The van der Waals surface area contributed by atoms with Gasteiger partial charge in [-0.2, -0.15) is 0 Å². The highest BCUT2D eigenvalue weighted by Gasteiger charge is 2.25. The maximum atomic E-state index is 13.1. The standard InChI is InChI=1S/C17H18FN3O3S/c1-20(25(2,23)24)17-14-4-3-9-21(16(14)15(22)10-19-17)11-12-5-7-13(18)8-6-12/h3-8,10,22H,9,11H2,1-2H3. The average Bonchev–Trinajstić information content (AvgIpc) is 2.56. The summed E-state index contributed by atoms with van der Waals surface area (Å²) in [6.07, 6.45) is 5.95. The summed E-state index contributed by atoms with van der Waals surface area (Å²) < 4.78 is 37.9. The fourth-order valence-electron chi connectivity index (χ4n) is 2.73. The van der Waals surface area contributed by atoms with Gasteiger partial charge in [-0.05, 0) is 17.7 Å². The molecule has 0 saturated carbocycles. The van der Waals surface area contributed by atoms with Gasteiger partial charge in [-0.15, -0.1) is 0 Å². The summed E-state index contributed by atoms with van der Waals surface area (Å²) in [6, 6.07) is 6.11. The highest BCUT2D eigenvalue weighted by Crippen LogP contribution is 2.40. The molecule has 0 saturated heterocycles. The van der Waals surface area contributed by atoms with Crippen LogP contribution in [-0.4, -0.2) is 38.4 Å². The van der Waals surface area contributed by atoms with Gasteiger partial charge in [0.2, 0.25) is 10.0 Å². The SMILES string of the molecule is CN(c1ncc(O)c2c1C=CCN2Cc1ccc(F)cc1)S(C)(=O)=O. The highest BCUT2D eigenvalue weighted by atomic mass is 32.2. The van der Waals surface area contributed by atoms with E-state index < -0.39 is 10.0 Å². The number of rotatable bonds is 4. The minimum absolute atomic E-state index is 0.0351. The van der Waals surface area contributed by atoms with Crippen LogP contribution in [0.4, 0.5) is 15.9 Å². The Morgan fingerprint density at radius 2 is 2.00 bits per heavy atom. The molecular formula is C17H18FN3O3S. The second-order valence-corrected chi connectivity index (χ2v) is 7.88. The molecule has 1 aliphatic heterocycles. The van der Waals surface area contributed by atoms with Crippen LogP contribution >= 0.6 is 0 Å². The molecule has 0 aliphatic carbocycles. The lowest BCUT2D eigenvalue weighted by Gasteiger charge is -2.31. The lowest BCUT2D eigenvalue weighted by molar-refractivity contribution is 0.471. The first-order valence-corrected chi connectivity index (χ1v) is 9.44. The molecular weight excluding hydrogens is 345 g/mol. The molecule has 0 unspecified atom stereocenters. The molecule has 0 spiro atoms. The third-order valence-corrected chi connectivity index (χ3v) is 5.22. The number of nitrogens with zero attached hydrogens (tertiary/aromatic N) is 3. The molecule has 1 N–H and O–H groups in total. The third-order valence-electron chi connectivity index (χ3n) is 4.06. The van der Waals surface area contributed by atoms with Crippen molar-refractivity contribution in [1.82, 2.24) is 4.98 Å². The third kappa shape index (κ3) is 3.43. The topological polar surface area (TPSA) is 73.7 Å². The number of pyridine rings is 1. The van der Waals surface area contributed by atoms with Gasteiger partial charge in [0, 0.05) is 25.7 Å². The largest absolute Gasteiger partial charge is 0.504 e. The van der Waals surface area contributed by atoms with E-state index in [-0.39, 0.29) is 17.4 Å². The van der Waals surface area contributed by atoms with Crippen LogP contribution in [0.3, 0.4) is 0 Å². The second kappa shape index (κ2) is 6.36. The molecule has 0 atom stereocenters. The lowest BCUT2D eigenvalue weighted by atomic mass is 10.1. The van der Waals surface area contributed by atoms with Crippen molar-refractivity contribution in [3.8, 4) is 5.75 Å². The summed E-state index contributed by atoms with van der Waals surface area (Å²) in [4.78, 5) is 5.97. The number of anilines is 2. The highest BCUT2D eigenvalue weighted by molar-refractivity contribution is 7.92. The predicted molar refractivity (Wildman–Crippen MR) is 95.6 cm³/mol. The number of hydrogen-bond acceptors (Lipinski definition) is 5. The Kier molecular flexibility index (Phi) is 4.38. The molecule has 0 radical (unpaired) electrons. The quantitative estimate of drug-likeness (QED) is 0.903. The molecule has 0 bridgehead atoms. The first-order chi connectivity index (χ1) is 11.8. The second-order valence-electron chi connectivity index (χ2n) is 5.87. The predicted octanol–water partition coefficient (Wildman–Crippen LogP) is 2.36. The Morgan fingerprint density at radius 1 is 1.32 bits per heavy atom. The monoisotopic (exact) mass is 363 g/mol. The summed E-state index contributed by atoms with van der Waals surface area (Å²) in [5.74, 6) is -0.103. The number of fused-ring (bicyclic) bond motifs is 1. The van der Waals surface area contributed by atoms with Gasteiger partial charge >= 0.3 is 0 Å². The van der Waals surface area contributed by atoms with Crippen LogP contribution in [0.25, 0.3) is 6.08 Å². The van der Waals surface area contributed by atoms with Gasteiger partial charge in [0.05, 0.1) is 18.1 Å².